The summed E-state index contributed by atoms with van der Waals surface area (Å²) in [5, 5.41) is 13.7. The average Bonchev–Trinajstić information content (AvgIpc) is 2.34. The Morgan fingerprint density at radius 2 is 2.00 bits per heavy atom. The Balaban J connectivity index is 2.18. The maximum absolute atomic E-state index is 9.58. The van der Waals surface area contributed by atoms with Gasteiger partial charge >= 0.3 is 0 Å². The number of aliphatic hydroxyl groups excluding tert-OH is 1. The fourth-order valence-electron chi connectivity index (χ4n) is 2.52. The van der Waals surface area contributed by atoms with Crippen LogP contribution in [0.25, 0.3) is 0 Å². The largest absolute Gasteiger partial charge is 0.396 e. The Hall–Kier alpha value is -0.570. The summed E-state index contributed by atoms with van der Waals surface area (Å²) < 4.78 is 0. The second-order valence-electron chi connectivity index (χ2n) is 4.40. The maximum Gasteiger partial charge on any atom is 0.0502 e. The molecule has 2 nitrogen and oxygen atoms in total. The van der Waals surface area contributed by atoms with Gasteiger partial charge in [0.25, 0.3) is 0 Å². The minimum atomic E-state index is 0.189. The van der Waals surface area contributed by atoms with Gasteiger partial charge in [-0.05, 0) is 43.5 Å². The molecule has 0 saturated carbocycles. The Kier molecular flexibility index (Phi) is 4.22. The molecular formula is C13H18ClNO. The van der Waals surface area contributed by atoms with E-state index < -0.39 is 0 Å². The van der Waals surface area contributed by atoms with Gasteiger partial charge in [0.1, 0.15) is 0 Å². The van der Waals surface area contributed by atoms with Gasteiger partial charge in [-0.15, -0.1) is 0 Å². The van der Waals surface area contributed by atoms with Crippen molar-refractivity contribution in [1.29, 1.82) is 0 Å². The van der Waals surface area contributed by atoms with Crippen molar-refractivity contribution in [2.75, 3.05) is 19.7 Å². The minimum Gasteiger partial charge on any atom is -0.396 e. The highest BCUT2D eigenvalue weighted by molar-refractivity contribution is 6.31. The highest BCUT2D eigenvalue weighted by Crippen LogP contribution is 2.34. The Labute approximate surface area is 102 Å². The molecule has 1 aromatic rings. The summed E-state index contributed by atoms with van der Waals surface area (Å²) in [4.78, 5) is 0. The summed E-state index contributed by atoms with van der Waals surface area (Å²) >= 11 is 6.19. The highest BCUT2D eigenvalue weighted by atomic mass is 35.5. The van der Waals surface area contributed by atoms with E-state index >= 15 is 0 Å². The SMILES string of the molecule is OCC(c1ccccc1Cl)C1CCNCC1. The molecule has 1 atom stereocenters. The third-order valence-electron chi connectivity index (χ3n) is 3.45. The van der Waals surface area contributed by atoms with Crippen LogP contribution >= 0.6 is 11.6 Å². The van der Waals surface area contributed by atoms with Gasteiger partial charge in [0, 0.05) is 10.9 Å². The first-order valence-electron chi connectivity index (χ1n) is 5.89. The van der Waals surface area contributed by atoms with Gasteiger partial charge in [0.15, 0.2) is 0 Å². The van der Waals surface area contributed by atoms with E-state index in [2.05, 4.69) is 5.32 Å². The molecule has 1 aliphatic heterocycles. The van der Waals surface area contributed by atoms with Crippen molar-refractivity contribution in [1.82, 2.24) is 5.32 Å². The topological polar surface area (TPSA) is 32.3 Å². The molecule has 0 radical (unpaired) electrons. The molecule has 0 amide bonds. The van der Waals surface area contributed by atoms with Gasteiger partial charge in [-0.25, -0.2) is 0 Å². The fraction of sp³-hybridized carbons (Fsp3) is 0.538. The molecule has 1 aliphatic rings. The van der Waals surface area contributed by atoms with Gasteiger partial charge in [-0.3, -0.25) is 0 Å². The lowest BCUT2D eigenvalue weighted by atomic mass is 9.81. The molecule has 3 heteroatoms. The van der Waals surface area contributed by atoms with Crippen LogP contribution in [0.2, 0.25) is 5.02 Å². The normalized spacial score (nSPS) is 19.6. The van der Waals surface area contributed by atoms with Gasteiger partial charge in [-0.2, -0.15) is 0 Å². The highest BCUT2D eigenvalue weighted by Gasteiger charge is 2.25. The summed E-state index contributed by atoms with van der Waals surface area (Å²) in [6.07, 6.45) is 2.24. The lowest BCUT2D eigenvalue weighted by Crippen LogP contribution is -2.32. The van der Waals surface area contributed by atoms with E-state index in [4.69, 9.17) is 11.6 Å². The maximum atomic E-state index is 9.58. The molecular weight excluding hydrogens is 222 g/mol. The van der Waals surface area contributed by atoms with E-state index in [0.717, 1.165) is 36.5 Å². The third kappa shape index (κ3) is 2.57. The lowest BCUT2D eigenvalue weighted by Gasteiger charge is -2.30. The molecule has 1 heterocycles. The van der Waals surface area contributed by atoms with Crippen molar-refractivity contribution >= 4 is 11.6 Å². The van der Waals surface area contributed by atoms with Crippen molar-refractivity contribution in [3.63, 3.8) is 0 Å². The van der Waals surface area contributed by atoms with Gasteiger partial charge < -0.3 is 10.4 Å². The summed E-state index contributed by atoms with van der Waals surface area (Å²) in [5.74, 6) is 0.738. The quantitative estimate of drug-likeness (QED) is 0.849. The summed E-state index contributed by atoms with van der Waals surface area (Å²) in [7, 11) is 0. The van der Waals surface area contributed by atoms with Crippen molar-refractivity contribution in [3.05, 3.63) is 34.9 Å². The van der Waals surface area contributed by atoms with Crippen LogP contribution in [0.15, 0.2) is 24.3 Å². The van der Waals surface area contributed by atoms with E-state index in [1.165, 1.54) is 0 Å². The Morgan fingerprint density at radius 3 is 2.62 bits per heavy atom. The Bertz CT molecular complexity index is 336. The van der Waals surface area contributed by atoms with E-state index in [1.807, 2.05) is 24.3 Å². The smallest absolute Gasteiger partial charge is 0.0502 e. The summed E-state index contributed by atoms with van der Waals surface area (Å²) in [6, 6.07) is 7.86. The molecule has 2 N–H and O–H groups in total. The molecule has 88 valence electrons. The number of rotatable bonds is 3. The van der Waals surface area contributed by atoms with Crippen molar-refractivity contribution < 1.29 is 5.11 Å². The van der Waals surface area contributed by atoms with Crippen LogP contribution in [-0.2, 0) is 0 Å². The van der Waals surface area contributed by atoms with Crippen molar-refractivity contribution in [3.8, 4) is 0 Å². The monoisotopic (exact) mass is 239 g/mol. The molecule has 0 aliphatic carbocycles. The van der Waals surface area contributed by atoms with Crippen LogP contribution in [-0.4, -0.2) is 24.8 Å². The van der Waals surface area contributed by atoms with Crippen molar-refractivity contribution in [2.45, 2.75) is 18.8 Å². The standard InChI is InChI=1S/C13H18ClNO/c14-13-4-2-1-3-11(13)12(9-16)10-5-7-15-8-6-10/h1-4,10,12,15-16H,5-9H2. The molecule has 16 heavy (non-hydrogen) atoms. The number of hydrogen-bond acceptors (Lipinski definition) is 2. The fourth-order valence-corrected chi connectivity index (χ4v) is 2.80. The van der Waals surface area contributed by atoms with Crippen LogP contribution < -0.4 is 5.32 Å². The first kappa shape index (κ1) is 11.9. The first-order chi connectivity index (χ1) is 7.83. The molecule has 0 bridgehead atoms. The second kappa shape index (κ2) is 5.67. The van der Waals surface area contributed by atoms with E-state index in [9.17, 15) is 5.11 Å². The van der Waals surface area contributed by atoms with E-state index in [0.29, 0.717) is 5.92 Å². The third-order valence-corrected chi connectivity index (χ3v) is 3.80. The first-order valence-corrected chi connectivity index (χ1v) is 6.26. The number of piperidine rings is 1. The average molecular weight is 240 g/mol. The zero-order valence-electron chi connectivity index (χ0n) is 9.32. The van der Waals surface area contributed by atoms with Crippen LogP contribution in [0, 0.1) is 5.92 Å². The number of nitrogens with one attached hydrogen (secondary N) is 1. The number of benzene rings is 1. The molecule has 1 aromatic carbocycles. The number of halogens is 1. The molecule has 0 aromatic heterocycles. The summed E-state index contributed by atoms with van der Waals surface area (Å²) in [5.41, 5.74) is 1.10. The molecule has 1 unspecified atom stereocenters. The Morgan fingerprint density at radius 1 is 1.31 bits per heavy atom. The summed E-state index contributed by atoms with van der Waals surface area (Å²) in [6.45, 7) is 2.28. The van der Waals surface area contributed by atoms with Gasteiger partial charge in [0.05, 0.1) is 6.61 Å². The second-order valence-corrected chi connectivity index (χ2v) is 4.81. The molecule has 2 rings (SSSR count). The van der Waals surface area contributed by atoms with E-state index in [1.54, 1.807) is 0 Å². The molecule has 1 saturated heterocycles. The molecule has 0 spiro atoms. The van der Waals surface area contributed by atoms with Crippen LogP contribution in [0.5, 0.6) is 0 Å². The zero-order valence-corrected chi connectivity index (χ0v) is 10.1. The lowest BCUT2D eigenvalue weighted by molar-refractivity contribution is 0.201. The minimum absolute atomic E-state index is 0.189. The van der Waals surface area contributed by atoms with Crippen LogP contribution in [0.4, 0.5) is 0 Å². The predicted octanol–water partition coefficient (Wildman–Crippen LogP) is 2.42. The zero-order chi connectivity index (χ0) is 11.4. The number of hydrogen-bond donors (Lipinski definition) is 2. The van der Waals surface area contributed by atoms with Crippen molar-refractivity contribution in [2.24, 2.45) is 5.92 Å². The molecule has 1 fully saturated rings. The van der Waals surface area contributed by atoms with Gasteiger partial charge in [-0.1, -0.05) is 29.8 Å². The predicted molar refractivity (Wildman–Crippen MR) is 66.9 cm³/mol. The van der Waals surface area contributed by atoms with Crippen LogP contribution in [0.3, 0.4) is 0 Å². The number of aliphatic hydroxyl groups is 1. The van der Waals surface area contributed by atoms with E-state index in [-0.39, 0.29) is 12.5 Å². The van der Waals surface area contributed by atoms with Crippen LogP contribution in [0.1, 0.15) is 24.3 Å². The van der Waals surface area contributed by atoms with Gasteiger partial charge in [0.2, 0.25) is 0 Å².